The molecule has 2 heterocycles. The van der Waals surface area contributed by atoms with E-state index in [2.05, 4.69) is 20.3 Å². The number of nitrogen functional groups attached to an aromatic ring is 1. The summed E-state index contributed by atoms with van der Waals surface area (Å²) in [6.07, 6.45) is 2.12. The van der Waals surface area contributed by atoms with Gasteiger partial charge in [0.2, 0.25) is 17.8 Å². The Labute approximate surface area is 158 Å². The van der Waals surface area contributed by atoms with Crippen LogP contribution >= 0.6 is 0 Å². The Bertz CT molecular complexity index is 792. The van der Waals surface area contributed by atoms with Gasteiger partial charge in [-0.25, -0.2) is 4.39 Å². The fourth-order valence-corrected chi connectivity index (χ4v) is 3.25. The van der Waals surface area contributed by atoms with E-state index in [1.54, 1.807) is 12.1 Å². The Morgan fingerprint density at radius 3 is 2.59 bits per heavy atom. The zero-order valence-electron chi connectivity index (χ0n) is 15.5. The third kappa shape index (κ3) is 4.69. The van der Waals surface area contributed by atoms with Gasteiger partial charge in [-0.05, 0) is 24.0 Å². The van der Waals surface area contributed by atoms with Crippen molar-refractivity contribution in [1.82, 2.24) is 20.3 Å². The third-order valence-electron chi connectivity index (χ3n) is 4.87. The summed E-state index contributed by atoms with van der Waals surface area (Å²) >= 11 is 0. The summed E-state index contributed by atoms with van der Waals surface area (Å²) in [6, 6.07) is 7.23. The van der Waals surface area contributed by atoms with E-state index in [-0.39, 0.29) is 17.8 Å². The van der Waals surface area contributed by atoms with Crippen molar-refractivity contribution in [3.05, 3.63) is 41.2 Å². The first-order valence-corrected chi connectivity index (χ1v) is 9.26. The number of amides is 1. The molecule has 0 atom stereocenters. The number of benzene rings is 1. The highest BCUT2D eigenvalue weighted by molar-refractivity contribution is 5.79. The van der Waals surface area contributed by atoms with Gasteiger partial charge in [0.1, 0.15) is 12.5 Å². The van der Waals surface area contributed by atoms with Crippen molar-refractivity contribution in [2.75, 3.05) is 23.7 Å². The topological polar surface area (TPSA) is 97.0 Å². The van der Waals surface area contributed by atoms with E-state index in [0.29, 0.717) is 56.2 Å². The average molecular weight is 372 g/mol. The number of aromatic nitrogens is 3. The Morgan fingerprint density at radius 2 is 1.93 bits per heavy atom. The molecule has 0 aliphatic carbocycles. The van der Waals surface area contributed by atoms with Gasteiger partial charge in [0.05, 0.1) is 0 Å². The number of anilines is 2. The van der Waals surface area contributed by atoms with Gasteiger partial charge in [-0.1, -0.05) is 31.2 Å². The van der Waals surface area contributed by atoms with Crippen molar-refractivity contribution >= 4 is 17.8 Å². The van der Waals surface area contributed by atoms with Gasteiger partial charge in [0.25, 0.3) is 0 Å². The lowest BCUT2D eigenvalue weighted by atomic mass is 9.96. The van der Waals surface area contributed by atoms with Crippen LogP contribution in [0.25, 0.3) is 0 Å². The first-order chi connectivity index (χ1) is 13.1. The molecule has 0 radical (unpaired) electrons. The van der Waals surface area contributed by atoms with Crippen molar-refractivity contribution < 1.29 is 9.18 Å². The number of nitrogens with two attached hydrogens (primary N) is 1. The average Bonchev–Trinajstić information content (AvgIpc) is 2.71. The Hall–Kier alpha value is -2.77. The molecule has 2 aromatic rings. The molecule has 1 aromatic carbocycles. The summed E-state index contributed by atoms with van der Waals surface area (Å²) in [5.41, 5.74) is 7.19. The highest BCUT2D eigenvalue weighted by Crippen LogP contribution is 2.21. The first kappa shape index (κ1) is 19.0. The van der Waals surface area contributed by atoms with Crippen LogP contribution in [0.1, 0.15) is 36.7 Å². The molecular formula is C19H25FN6O. The van der Waals surface area contributed by atoms with E-state index in [1.165, 1.54) is 0 Å². The van der Waals surface area contributed by atoms with Crippen LogP contribution in [0.3, 0.4) is 0 Å². The number of hydrogen-bond donors (Lipinski definition) is 2. The molecule has 3 N–H and O–H groups in total. The van der Waals surface area contributed by atoms with Gasteiger partial charge in [-0.15, -0.1) is 0 Å². The van der Waals surface area contributed by atoms with E-state index < -0.39 is 6.67 Å². The smallest absolute Gasteiger partial charge is 0.230 e. The molecule has 1 fully saturated rings. The SMILES string of the molecule is CCc1nc(N)nc(N2CCC(C(=O)NCc3ccccc3CF)CC2)n1. The van der Waals surface area contributed by atoms with Gasteiger partial charge in [0.15, 0.2) is 0 Å². The summed E-state index contributed by atoms with van der Waals surface area (Å²) < 4.78 is 13.0. The van der Waals surface area contributed by atoms with Gasteiger partial charge >= 0.3 is 0 Å². The van der Waals surface area contributed by atoms with Crippen LogP contribution < -0.4 is 16.0 Å². The minimum Gasteiger partial charge on any atom is -0.368 e. The standard InChI is InChI=1S/C19H25FN6O/c1-2-16-23-18(21)25-19(24-16)26-9-7-13(8-10-26)17(27)22-12-15-6-4-3-5-14(15)11-20/h3-6,13H,2,7-12H2,1H3,(H,22,27)(H2,21,23,24,25). The van der Waals surface area contributed by atoms with Gasteiger partial charge in [0, 0.05) is 32.0 Å². The maximum Gasteiger partial charge on any atom is 0.230 e. The zero-order valence-corrected chi connectivity index (χ0v) is 15.5. The second kappa shape index (κ2) is 8.75. The number of aryl methyl sites for hydroxylation is 1. The molecule has 0 bridgehead atoms. The number of nitrogens with zero attached hydrogens (tertiary/aromatic N) is 4. The van der Waals surface area contributed by atoms with Crippen LogP contribution in [0.5, 0.6) is 0 Å². The largest absolute Gasteiger partial charge is 0.368 e. The van der Waals surface area contributed by atoms with E-state index in [1.807, 2.05) is 24.0 Å². The minimum absolute atomic E-state index is 0.00715. The monoisotopic (exact) mass is 372 g/mol. The quantitative estimate of drug-likeness (QED) is 0.805. The number of halogens is 1. The van der Waals surface area contributed by atoms with Crippen molar-refractivity contribution in [2.45, 2.75) is 39.4 Å². The van der Waals surface area contributed by atoms with Crippen molar-refractivity contribution in [2.24, 2.45) is 5.92 Å². The summed E-state index contributed by atoms with van der Waals surface area (Å²) in [5, 5.41) is 2.94. The predicted octanol–water partition coefficient (Wildman–Crippen LogP) is 2.02. The van der Waals surface area contributed by atoms with E-state index in [4.69, 9.17) is 5.73 Å². The third-order valence-corrected chi connectivity index (χ3v) is 4.87. The number of nitrogens with one attached hydrogen (secondary N) is 1. The van der Waals surface area contributed by atoms with Crippen LogP contribution in [-0.2, 0) is 24.4 Å². The van der Waals surface area contributed by atoms with Gasteiger partial charge < -0.3 is 16.0 Å². The second-order valence-electron chi connectivity index (χ2n) is 6.64. The summed E-state index contributed by atoms with van der Waals surface area (Å²) in [5.74, 6) is 1.42. The molecule has 144 valence electrons. The minimum atomic E-state index is -0.529. The van der Waals surface area contributed by atoms with Crippen molar-refractivity contribution in [3.8, 4) is 0 Å². The molecular weight excluding hydrogens is 347 g/mol. The molecule has 8 heteroatoms. The van der Waals surface area contributed by atoms with Crippen LogP contribution in [0.2, 0.25) is 0 Å². The maximum absolute atomic E-state index is 13.0. The molecule has 3 rings (SSSR count). The zero-order chi connectivity index (χ0) is 19.2. The molecule has 1 aromatic heterocycles. The molecule has 1 aliphatic rings. The first-order valence-electron chi connectivity index (χ1n) is 9.26. The predicted molar refractivity (Wildman–Crippen MR) is 102 cm³/mol. The Balaban J connectivity index is 1.54. The molecule has 1 aliphatic heterocycles. The number of rotatable bonds is 6. The van der Waals surface area contributed by atoms with Crippen molar-refractivity contribution in [3.63, 3.8) is 0 Å². The summed E-state index contributed by atoms with van der Waals surface area (Å²) in [4.78, 5) is 27.3. The van der Waals surface area contributed by atoms with Gasteiger partial charge in [-0.3, -0.25) is 4.79 Å². The summed E-state index contributed by atoms with van der Waals surface area (Å²) in [6.45, 7) is 3.16. The summed E-state index contributed by atoms with van der Waals surface area (Å²) in [7, 11) is 0. The van der Waals surface area contributed by atoms with Crippen LogP contribution in [-0.4, -0.2) is 33.9 Å². The fraction of sp³-hybridized carbons (Fsp3) is 0.474. The Kier molecular flexibility index (Phi) is 6.16. The van der Waals surface area contributed by atoms with Gasteiger partial charge in [-0.2, -0.15) is 15.0 Å². The lowest BCUT2D eigenvalue weighted by molar-refractivity contribution is -0.125. The molecule has 0 saturated carbocycles. The molecule has 0 unspecified atom stereocenters. The number of alkyl halides is 1. The molecule has 1 amide bonds. The molecule has 27 heavy (non-hydrogen) atoms. The lowest BCUT2D eigenvalue weighted by Crippen LogP contribution is -2.41. The molecule has 1 saturated heterocycles. The normalized spacial score (nSPS) is 15.0. The van der Waals surface area contributed by atoms with E-state index in [0.717, 1.165) is 5.56 Å². The van der Waals surface area contributed by atoms with E-state index in [9.17, 15) is 9.18 Å². The fourth-order valence-electron chi connectivity index (χ4n) is 3.25. The highest BCUT2D eigenvalue weighted by Gasteiger charge is 2.26. The van der Waals surface area contributed by atoms with Crippen LogP contribution in [0, 0.1) is 5.92 Å². The Morgan fingerprint density at radius 1 is 1.22 bits per heavy atom. The number of hydrogen-bond acceptors (Lipinski definition) is 6. The highest BCUT2D eigenvalue weighted by atomic mass is 19.1. The number of carbonyl (C=O) groups is 1. The molecule has 0 spiro atoms. The second-order valence-corrected chi connectivity index (χ2v) is 6.64. The van der Waals surface area contributed by atoms with Crippen molar-refractivity contribution in [1.29, 1.82) is 0 Å². The van der Waals surface area contributed by atoms with E-state index >= 15 is 0 Å². The van der Waals surface area contributed by atoms with Crippen LogP contribution in [0.4, 0.5) is 16.3 Å². The number of carbonyl (C=O) groups excluding carboxylic acids is 1. The van der Waals surface area contributed by atoms with Crippen LogP contribution in [0.15, 0.2) is 24.3 Å². The maximum atomic E-state index is 13.0. The molecule has 7 nitrogen and oxygen atoms in total. The lowest BCUT2D eigenvalue weighted by Gasteiger charge is -2.31. The number of piperidine rings is 1.